The van der Waals surface area contributed by atoms with Crippen LogP contribution in [0.25, 0.3) is 0 Å². The van der Waals surface area contributed by atoms with E-state index in [1.165, 1.54) is 0 Å². The molecular formula is C23H42N2O5. The van der Waals surface area contributed by atoms with Gasteiger partial charge in [0.05, 0.1) is 26.4 Å². The molecule has 0 heterocycles. The summed E-state index contributed by atoms with van der Waals surface area (Å²) in [6.07, 6.45) is 4.45. The summed E-state index contributed by atoms with van der Waals surface area (Å²) >= 11 is 0. The third kappa shape index (κ3) is 10.0. The number of nitrogens with one attached hydrogen (secondary N) is 1. The summed E-state index contributed by atoms with van der Waals surface area (Å²) < 4.78 is 11.1. The zero-order chi connectivity index (χ0) is 22.5. The van der Waals surface area contributed by atoms with Crippen molar-refractivity contribution >= 4 is 17.6 Å². The standard InChI is InChI=1S/C23H42N2O5/c1-6-21(26)19-7-9-20(10-8-19)24-22(27)11-13-29-15-16-30-14-12-25(18(4)5)23(28)17(2)3/h17-20H,6-16H2,1-5H3,(H,24,27)/t19-,20+. The highest BCUT2D eigenvalue weighted by Gasteiger charge is 2.25. The Morgan fingerprint density at radius 1 is 0.933 bits per heavy atom. The summed E-state index contributed by atoms with van der Waals surface area (Å²) in [4.78, 5) is 37.8. The number of Topliss-reactive ketones (excluding diaryl/α,β-unsaturated/α-hetero) is 1. The minimum absolute atomic E-state index is 0.000888. The van der Waals surface area contributed by atoms with Gasteiger partial charge in [-0.15, -0.1) is 0 Å². The Kier molecular flexibility index (Phi) is 12.9. The molecule has 0 unspecified atom stereocenters. The van der Waals surface area contributed by atoms with Gasteiger partial charge in [0.1, 0.15) is 5.78 Å². The van der Waals surface area contributed by atoms with E-state index in [0.717, 1.165) is 25.7 Å². The molecule has 1 rings (SSSR count). The van der Waals surface area contributed by atoms with Gasteiger partial charge in [-0.05, 0) is 39.5 Å². The fraction of sp³-hybridized carbons (Fsp3) is 0.870. The third-order valence-corrected chi connectivity index (χ3v) is 5.62. The number of carbonyl (C=O) groups is 3. The van der Waals surface area contributed by atoms with E-state index in [-0.39, 0.29) is 35.7 Å². The van der Waals surface area contributed by atoms with Crippen LogP contribution in [0, 0.1) is 11.8 Å². The van der Waals surface area contributed by atoms with Crippen LogP contribution in [0.4, 0.5) is 0 Å². The molecule has 1 aliphatic carbocycles. The Morgan fingerprint density at radius 3 is 2.07 bits per heavy atom. The van der Waals surface area contributed by atoms with Gasteiger partial charge in [-0.25, -0.2) is 0 Å². The molecule has 1 fully saturated rings. The molecule has 7 nitrogen and oxygen atoms in total. The molecule has 174 valence electrons. The highest BCUT2D eigenvalue weighted by molar-refractivity contribution is 5.81. The molecule has 0 bridgehead atoms. The van der Waals surface area contributed by atoms with Crippen molar-refractivity contribution in [3.8, 4) is 0 Å². The molecule has 0 spiro atoms. The first kappa shape index (κ1) is 26.6. The van der Waals surface area contributed by atoms with Gasteiger partial charge < -0.3 is 19.7 Å². The highest BCUT2D eigenvalue weighted by atomic mass is 16.5. The molecule has 0 radical (unpaired) electrons. The Balaban J connectivity index is 2.05. The van der Waals surface area contributed by atoms with Crippen molar-refractivity contribution in [3.05, 3.63) is 0 Å². The molecule has 0 saturated heterocycles. The summed E-state index contributed by atoms with van der Waals surface area (Å²) in [6.45, 7) is 12.0. The maximum atomic E-state index is 12.1. The Labute approximate surface area is 182 Å². The summed E-state index contributed by atoms with van der Waals surface area (Å²) in [7, 11) is 0. The monoisotopic (exact) mass is 426 g/mol. The Bertz CT molecular complexity index is 528. The van der Waals surface area contributed by atoms with E-state index >= 15 is 0 Å². The lowest BCUT2D eigenvalue weighted by Gasteiger charge is -2.28. The van der Waals surface area contributed by atoms with Gasteiger partial charge in [0.15, 0.2) is 0 Å². The number of nitrogens with zero attached hydrogens (tertiary/aromatic N) is 1. The number of ether oxygens (including phenoxy) is 2. The lowest BCUT2D eigenvalue weighted by molar-refractivity contribution is -0.137. The fourth-order valence-corrected chi connectivity index (χ4v) is 3.75. The van der Waals surface area contributed by atoms with Crippen LogP contribution < -0.4 is 5.32 Å². The minimum Gasteiger partial charge on any atom is -0.379 e. The van der Waals surface area contributed by atoms with Gasteiger partial charge in [-0.2, -0.15) is 0 Å². The Morgan fingerprint density at radius 2 is 1.53 bits per heavy atom. The summed E-state index contributed by atoms with van der Waals surface area (Å²) in [5.74, 6) is 0.652. The quantitative estimate of drug-likeness (QED) is 0.432. The third-order valence-electron chi connectivity index (χ3n) is 5.62. The Hall–Kier alpha value is -1.47. The van der Waals surface area contributed by atoms with Gasteiger partial charge in [0, 0.05) is 43.3 Å². The molecular weight excluding hydrogens is 384 g/mol. The number of carbonyl (C=O) groups excluding carboxylic acids is 3. The number of hydrogen-bond acceptors (Lipinski definition) is 5. The zero-order valence-electron chi connectivity index (χ0n) is 19.6. The summed E-state index contributed by atoms with van der Waals surface area (Å²) in [6, 6.07) is 0.333. The zero-order valence-corrected chi connectivity index (χ0v) is 19.6. The maximum absolute atomic E-state index is 12.1. The van der Waals surface area contributed by atoms with Crippen molar-refractivity contribution in [2.24, 2.45) is 11.8 Å². The van der Waals surface area contributed by atoms with E-state index in [1.54, 1.807) is 0 Å². The minimum atomic E-state index is -0.0178. The SMILES string of the molecule is CCC(=O)[C@H]1CC[C@@H](NC(=O)CCOCCOCCN(C(=O)C(C)C)C(C)C)CC1. The highest BCUT2D eigenvalue weighted by Crippen LogP contribution is 2.25. The molecule has 0 aliphatic heterocycles. The predicted octanol–water partition coefficient (Wildman–Crippen LogP) is 2.96. The first-order valence-electron chi connectivity index (χ1n) is 11.5. The van der Waals surface area contributed by atoms with Crippen molar-refractivity contribution in [2.45, 2.75) is 85.2 Å². The van der Waals surface area contributed by atoms with Crippen LogP contribution in [0.15, 0.2) is 0 Å². The smallest absolute Gasteiger partial charge is 0.225 e. The fourth-order valence-electron chi connectivity index (χ4n) is 3.75. The molecule has 0 aromatic rings. The van der Waals surface area contributed by atoms with Gasteiger partial charge in [0.25, 0.3) is 0 Å². The molecule has 7 heteroatoms. The summed E-state index contributed by atoms with van der Waals surface area (Å²) in [5, 5.41) is 3.05. The average Bonchev–Trinajstić information content (AvgIpc) is 2.71. The molecule has 1 aliphatic rings. The van der Waals surface area contributed by atoms with Crippen LogP contribution in [0.2, 0.25) is 0 Å². The van der Waals surface area contributed by atoms with Crippen LogP contribution in [-0.4, -0.2) is 67.6 Å². The molecule has 1 N–H and O–H groups in total. The second-order valence-corrected chi connectivity index (χ2v) is 8.69. The molecule has 1 saturated carbocycles. The number of rotatable bonds is 14. The summed E-state index contributed by atoms with van der Waals surface area (Å²) in [5.41, 5.74) is 0. The van der Waals surface area contributed by atoms with Crippen molar-refractivity contribution in [1.29, 1.82) is 0 Å². The molecule has 2 amide bonds. The van der Waals surface area contributed by atoms with Crippen LogP contribution in [0.5, 0.6) is 0 Å². The predicted molar refractivity (Wildman–Crippen MR) is 117 cm³/mol. The molecule has 0 aromatic carbocycles. The van der Waals surface area contributed by atoms with Crippen LogP contribution >= 0.6 is 0 Å². The van der Waals surface area contributed by atoms with Crippen molar-refractivity contribution in [1.82, 2.24) is 10.2 Å². The largest absolute Gasteiger partial charge is 0.379 e. The maximum Gasteiger partial charge on any atom is 0.225 e. The van der Waals surface area contributed by atoms with Crippen molar-refractivity contribution in [3.63, 3.8) is 0 Å². The normalized spacial score (nSPS) is 19.2. The van der Waals surface area contributed by atoms with Crippen molar-refractivity contribution in [2.75, 3.05) is 33.0 Å². The lowest BCUT2D eigenvalue weighted by Crippen LogP contribution is -2.41. The van der Waals surface area contributed by atoms with E-state index in [0.29, 0.717) is 51.6 Å². The van der Waals surface area contributed by atoms with Gasteiger partial charge in [-0.3, -0.25) is 14.4 Å². The second-order valence-electron chi connectivity index (χ2n) is 8.69. The van der Waals surface area contributed by atoms with E-state index in [9.17, 15) is 14.4 Å². The van der Waals surface area contributed by atoms with Gasteiger partial charge in [0.2, 0.25) is 11.8 Å². The van der Waals surface area contributed by atoms with Gasteiger partial charge in [-0.1, -0.05) is 20.8 Å². The van der Waals surface area contributed by atoms with E-state index in [2.05, 4.69) is 5.32 Å². The number of amides is 2. The topological polar surface area (TPSA) is 84.9 Å². The van der Waals surface area contributed by atoms with Crippen LogP contribution in [0.3, 0.4) is 0 Å². The number of ketones is 1. The number of hydrogen-bond donors (Lipinski definition) is 1. The first-order valence-corrected chi connectivity index (χ1v) is 11.5. The molecule has 0 aromatic heterocycles. The van der Waals surface area contributed by atoms with E-state index in [4.69, 9.17) is 9.47 Å². The molecule has 0 atom stereocenters. The van der Waals surface area contributed by atoms with Gasteiger partial charge >= 0.3 is 0 Å². The molecule has 30 heavy (non-hydrogen) atoms. The van der Waals surface area contributed by atoms with Crippen LogP contribution in [-0.2, 0) is 23.9 Å². The van der Waals surface area contributed by atoms with E-state index in [1.807, 2.05) is 39.5 Å². The first-order chi connectivity index (χ1) is 14.3. The lowest BCUT2D eigenvalue weighted by atomic mass is 9.83. The van der Waals surface area contributed by atoms with Crippen molar-refractivity contribution < 1.29 is 23.9 Å². The van der Waals surface area contributed by atoms with Crippen LogP contribution in [0.1, 0.15) is 73.1 Å². The average molecular weight is 427 g/mol. The second kappa shape index (κ2) is 14.5. The van der Waals surface area contributed by atoms with E-state index < -0.39 is 0 Å².